The molecule has 15 heavy (non-hydrogen) atoms. The first kappa shape index (κ1) is 11.5. The Morgan fingerprint density at radius 1 is 1.80 bits per heavy atom. The lowest BCUT2D eigenvalue weighted by atomic mass is 10.0. The highest BCUT2D eigenvalue weighted by Gasteiger charge is 2.20. The van der Waals surface area contributed by atoms with Crippen LogP contribution in [0, 0.1) is 0 Å². The molecular formula is C9H9ClN2O3. The molecule has 1 aromatic heterocycles. The number of pyridine rings is 1. The number of carboxylic acid groups (broad SMARTS) is 1. The molecule has 1 atom stereocenters. The molecule has 1 aromatic rings. The number of carboxylic acids is 1. The van der Waals surface area contributed by atoms with E-state index in [-0.39, 0.29) is 5.15 Å². The van der Waals surface area contributed by atoms with Crippen LogP contribution < -0.4 is 0 Å². The summed E-state index contributed by atoms with van der Waals surface area (Å²) in [5.41, 5.74) is 0.382. The highest BCUT2D eigenvalue weighted by atomic mass is 35.5. The largest absolute Gasteiger partial charge is 0.481 e. The van der Waals surface area contributed by atoms with Crippen LogP contribution in [0.2, 0.25) is 5.15 Å². The fourth-order valence-corrected chi connectivity index (χ4v) is 1.27. The molecule has 0 radical (unpaired) electrons. The van der Waals surface area contributed by atoms with Crippen molar-refractivity contribution in [2.75, 3.05) is 7.11 Å². The Morgan fingerprint density at radius 3 is 3.07 bits per heavy atom. The maximum absolute atomic E-state index is 10.9. The molecule has 80 valence electrons. The van der Waals surface area contributed by atoms with Gasteiger partial charge < -0.3 is 9.94 Å². The fourth-order valence-electron chi connectivity index (χ4n) is 1.03. The van der Waals surface area contributed by atoms with Crippen LogP contribution in [-0.4, -0.2) is 29.4 Å². The molecule has 0 aliphatic heterocycles. The second-order valence-electron chi connectivity index (χ2n) is 2.64. The van der Waals surface area contributed by atoms with Crippen molar-refractivity contribution >= 4 is 23.8 Å². The molecule has 0 fully saturated rings. The standard InChI is InChI=1S/C9H9ClN2O3/c1-15-12-5-7(9(13)14)6-3-2-4-11-8(6)10/h2-5,7H,1H3,(H,13,14). The van der Waals surface area contributed by atoms with Crippen molar-refractivity contribution in [3.63, 3.8) is 0 Å². The van der Waals surface area contributed by atoms with Crippen molar-refractivity contribution < 1.29 is 14.7 Å². The Balaban J connectivity index is 3.04. The van der Waals surface area contributed by atoms with Crippen molar-refractivity contribution in [2.45, 2.75) is 5.92 Å². The highest BCUT2D eigenvalue weighted by Crippen LogP contribution is 2.21. The zero-order chi connectivity index (χ0) is 11.3. The van der Waals surface area contributed by atoms with E-state index in [2.05, 4.69) is 15.0 Å². The molecule has 0 aliphatic rings. The number of aliphatic carboxylic acids is 1. The zero-order valence-electron chi connectivity index (χ0n) is 7.92. The number of aromatic nitrogens is 1. The third-order valence-corrected chi connectivity index (χ3v) is 2.02. The normalized spacial score (nSPS) is 12.7. The Kier molecular flexibility index (Phi) is 4.05. The summed E-state index contributed by atoms with van der Waals surface area (Å²) in [6.07, 6.45) is 2.64. The summed E-state index contributed by atoms with van der Waals surface area (Å²) >= 11 is 5.77. The van der Waals surface area contributed by atoms with Crippen LogP contribution in [-0.2, 0) is 9.63 Å². The van der Waals surface area contributed by atoms with Crippen molar-refractivity contribution in [1.29, 1.82) is 0 Å². The predicted octanol–water partition coefficient (Wildman–Crippen LogP) is 1.54. The molecule has 0 saturated heterocycles. The van der Waals surface area contributed by atoms with Crippen LogP contribution in [0.5, 0.6) is 0 Å². The van der Waals surface area contributed by atoms with Gasteiger partial charge in [0.2, 0.25) is 0 Å². The van der Waals surface area contributed by atoms with E-state index in [1.807, 2.05) is 0 Å². The second-order valence-corrected chi connectivity index (χ2v) is 2.99. The fraction of sp³-hybridized carbons (Fsp3) is 0.222. The smallest absolute Gasteiger partial charge is 0.316 e. The maximum atomic E-state index is 10.9. The minimum atomic E-state index is -1.06. The van der Waals surface area contributed by atoms with Gasteiger partial charge in [0.1, 0.15) is 18.2 Å². The van der Waals surface area contributed by atoms with Gasteiger partial charge in [-0.3, -0.25) is 4.79 Å². The number of rotatable bonds is 4. The van der Waals surface area contributed by atoms with E-state index in [1.165, 1.54) is 13.3 Å². The molecule has 0 aliphatic carbocycles. The lowest BCUT2D eigenvalue weighted by molar-refractivity contribution is -0.137. The van der Waals surface area contributed by atoms with Crippen LogP contribution in [0.4, 0.5) is 0 Å². The monoisotopic (exact) mass is 228 g/mol. The molecular weight excluding hydrogens is 220 g/mol. The van der Waals surface area contributed by atoms with E-state index in [0.29, 0.717) is 5.56 Å². The molecule has 0 bridgehead atoms. The first-order valence-electron chi connectivity index (χ1n) is 4.06. The van der Waals surface area contributed by atoms with Crippen LogP contribution in [0.15, 0.2) is 23.5 Å². The molecule has 1 N–H and O–H groups in total. The molecule has 0 aromatic carbocycles. The third kappa shape index (κ3) is 2.92. The van der Waals surface area contributed by atoms with E-state index in [9.17, 15) is 4.79 Å². The van der Waals surface area contributed by atoms with E-state index in [0.717, 1.165) is 6.21 Å². The van der Waals surface area contributed by atoms with Gasteiger partial charge in [-0.15, -0.1) is 0 Å². The van der Waals surface area contributed by atoms with Gasteiger partial charge in [0.15, 0.2) is 0 Å². The Hall–Kier alpha value is -1.62. The van der Waals surface area contributed by atoms with Gasteiger partial charge in [0.05, 0.1) is 6.21 Å². The molecule has 6 heteroatoms. The summed E-state index contributed by atoms with van der Waals surface area (Å²) in [5, 5.41) is 12.5. The summed E-state index contributed by atoms with van der Waals surface area (Å²) < 4.78 is 0. The molecule has 1 rings (SSSR count). The van der Waals surface area contributed by atoms with Crippen LogP contribution in [0.1, 0.15) is 11.5 Å². The van der Waals surface area contributed by atoms with E-state index < -0.39 is 11.9 Å². The summed E-state index contributed by atoms with van der Waals surface area (Å²) in [4.78, 5) is 19.1. The van der Waals surface area contributed by atoms with Gasteiger partial charge in [-0.25, -0.2) is 4.98 Å². The van der Waals surface area contributed by atoms with Gasteiger partial charge in [-0.1, -0.05) is 22.8 Å². The van der Waals surface area contributed by atoms with Gasteiger partial charge in [0, 0.05) is 11.8 Å². The Bertz CT molecular complexity index is 381. The second kappa shape index (κ2) is 5.31. The first-order valence-corrected chi connectivity index (χ1v) is 4.44. The zero-order valence-corrected chi connectivity index (χ0v) is 8.68. The lowest BCUT2D eigenvalue weighted by Gasteiger charge is -2.07. The van der Waals surface area contributed by atoms with E-state index in [1.54, 1.807) is 12.1 Å². The van der Waals surface area contributed by atoms with Crippen molar-refractivity contribution in [3.05, 3.63) is 29.0 Å². The van der Waals surface area contributed by atoms with Crippen LogP contribution in [0.3, 0.4) is 0 Å². The summed E-state index contributed by atoms with van der Waals surface area (Å²) in [6.45, 7) is 0. The molecule has 0 saturated carbocycles. The summed E-state index contributed by atoms with van der Waals surface area (Å²) in [5.74, 6) is -2.02. The Morgan fingerprint density at radius 2 is 2.53 bits per heavy atom. The average Bonchev–Trinajstić information content (AvgIpc) is 2.20. The molecule has 0 amide bonds. The van der Waals surface area contributed by atoms with Gasteiger partial charge in [0.25, 0.3) is 0 Å². The number of oxime groups is 1. The highest BCUT2D eigenvalue weighted by molar-refractivity contribution is 6.30. The first-order chi connectivity index (χ1) is 7.16. The van der Waals surface area contributed by atoms with E-state index >= 15 is 0 Å². The minimum absolute atomic E-state index is 0.146. The molecule has 0 spiro atoms. The predicted molar refractivity (Wildman–Crippen MR) is 55.1 cm³/mol. The molecule has 5 nitrogen and oxygen atoms in total. The van der Waals surface area contributed by atoms with Crippen LogP contribution >= 0.6 is 11.6 Å². The number of hydrogen-bond acceptors (Lipinski definition) is 4. The quantitative estimate of drug-likeness (QED) is 0.482. The number of halogens is 1. The van der Waals surface area contributed by atoms with Crippen molar-refractivity contribution in [1.82, 2.24) is 4.98 Å². The van der Waals surface area contributed by atoms with Crippen molar-refractivity contribution in [3.8, 4) is 0 Å². The minimum Gasteiger partial charge on any atom is -0.481 e. The summed E-state index contributed by atoms with van der Waals surface area (Å²) in [6, 6.07) is 3.19. The number of nitrogens with zero attached hydrogens (tertiary/aromatic N) is 2. The van der Waals surface area contributed by atoms with Crippen LogP contribution in [0.25, 0.3) is 0 Å². The van der Waals surface area contributed by atoms with Crippen molar-refractivity contribution in [2.24, 2.45) is 5.16 Å². The molecule has 1 heterocycles. The molecule has 1 unspecified atom stereocenters. The average molecular weight is 229 g/mol. The number of carbonyl (C=O) groups is 1. The topological polar surface area (TPSA) is 71.8 Å². The van der Waals surface area contributed by atoms with Gasteiger partial charge >= 0.3 is 5.97 Å². The SMILES string of the molecule is CON=CC(C(=O)O)c1cccnc1Cl. The van der Waals surface area contributed by atoms with Gasteiger partial charge in [-0.2, -0.15) is 0 Å². The summed E-state index contributed by atoms with van der Waals surface area (Å²) in [7, 11) is 1.33. The maximum Gasteiger partial charge on any atom is 0.316 e. The lowest BCUT2D eigenvalue weighted by Crippen LogP contribution is -2.14. The number of hydrogen-bond donors (Lipinski definition) is 1. The van der Waals surface area contributed by atoms with E-state index in [4.69, 9.17) is 16.7 Å². The van der Waals surface area contributed by atoms with Gasteiger partial charge in [-0.05, 0) is 6.07 Å². The Labute approximate surface area is 91.3 Å². The third-order valence-electron chi connectivity index (χ3n) is 1.70.